The molecule has 3 amide bonds. The molecule has 1 saturated heterocycles. The monoisotopic (exact) mass is 257 g/mol. The molecular formula is C12H23N3O3. The van der Waals surface area contributed by atoms with E-state index in [-0.39, 0.29) is 11.8 Å². The summed E-state index contributed by atoms with van der Waals surface area (Å²) in [6.45, 7) is 4.83. The van der Waals surface area contributed by atoms with Crippen LogP contribution in [0.2, 0.25) is 0 Å². The fourth-order valence-electron chi connectivity index (χ4n) is 2.19. The molecule has 0 aliphatic carbocycles. The first-order chi connectivity index (χ1) is 8.45. The highest BCUT2D eigenvalue weighted by atomic mass is 16.3. The van der Waals surface area contributed by atoms with Crippen LogP contribution in [0.3, 0.4) is 0 Å². The summed E-state index contributed by atoms with van der Waals surface area (Å²) in [5.74, 6) is -0.133. The lowest BCUT2D eigenvalue weighted by Gasteiger charge is -2.34. The van der Waals surface area contributed by atoms with E-state index in [2.05, 4.69) is 5.32 Å². The van der Waals surface area contributed by atoms with Crippen LogP contribution in [-0.4, -0.2) is 47.2 Å². The van der Waals surface area contributed by atoms with Gasteiger partial charge in [0.25, 0.3) is 0 Å². The Bertz CT molecular complexity index is 309. The van der Waals surface area contributed by atoms with Gasteiger partial charge in [0.2, 0.25) is 5.91 Å². The number of piperidine rings is 1. The molecule has 0 radical (unpaired) electrons. The van der Waals surface area contributed by atoms with Crippen molar-refractivity contribution in [3.8, 4) is 0 Å². The Morgan fingerprint density at radius 3 is 2.72 bits per heavy atom. The maximum absolute atomic E-state index is 12.3. The van der Waals surface area contributed by atoms with Crippen molar-refractivity contribution in [3.63, 3.8) is 0 Å². The summed E-state index contributed by atoms with van der Waals surface area (Å²) in [6, 6.07) is -1.29. The van der Waals surface area contributed by atoms with Crippen LogP contribution < -0.4 is 11.1 Å². The van der Waals surface area contributed by atoms with Crippen LogP contribution in [0.5, 0.6) is 0 Å². The molecule has 6 nitrogen and oxygen atoms in total. The molecule has 0 aromatic heterocycles. The summed E-state index contributed by atoms with van der Waals surface area (Å²) >= 11 is 0. The SMILES string of the molecule is CCC(C)C(NC(N)=O)C(=O)N1CCC[C@H](O)C1. The smallest absolute Gasteiger partial charge is 0.312 e. The Kier molecular flexibility index (Phi) is 5.40. The second kappa shape index (κ2) is 6.58. The highest BCUT2D eigenvalue weighted by Gasteiger charge is 2.31. The Hall–Kier alpha value is -1.30. The zero-order chi connectivity index (χ0) is 13.7. The molecule has 0 spiro atoms. The predicted molar refractivity (Wildman–Crippen MR) is 67.8 cm³/mol. The summed E-state index contributed by atoms with van der Waals surface area (Å²) < 4.78 is 0. The molecule has 0 bridgehead atoms. The lowest BCUT2D eigenvalue weighted by Crippen LogP contribution is -2.55. The van der Waals surface area contributed by atoms with Crippen molar-refractivity contribution in [2.75, 3.05) is 13.1 Å². The van der Waals surface area contributed by atoms with Crippen molar-refractivity contribution in [2.45, 2.75) is 45.3 Å². The molecule has 0 saturated carbocycles. The topological polar surface area (TPSA) is 95.7 Å². The van der Waals surface area contributed by atoms with E-state index in [1.807, 2.05) is 13.8 Å². The molecule has 1 aliphatic rings. The highest BCUT2D eigenvalue weighted by molar-refractivity contribution is 5.87. The molecule has 3 atom stereocenters. The van der Waals surface area contributed by atoms with E-state index >= 15 is 0 Å². The largest absolute Gasteiger partial charge is 0.391 e. The van der Waals surface area contributed by atoms with Crippen molar-refractivity contribution >= 4 is 11.9 Å². The van der Waals surface area contributed by atoms with E-state index in [0.29, 0.717) is 13.1 Å². The number of hydrogen-bond acceptors (Lipinski definition) is 3. The molecule has 2 unspecified atom stereocenters. The number of likely N-dealkylation sites (tertiary alicyclic amines) is 1. The Morgan fingerprint density at radius 1 is 1.56 bits per heavy atom. The molecule has 1 heterocycles. The molecule has 1 aliphatic heterocycles. The minimum Gasteiger partial charge on any atom is -0.391 e. The number of primary amides is 1. The normalized spacial score (nSPS) is 23.3. The van der Waals surface area contributed by atoms with Gasteiger partial charge in [-0.3, -0.25) is 4.79 Å². The summed E-state index contributed by atoms with van der Waals surface area (Å²) in [4.78, 5) is 24.9. The van der Waals surface area contributed by atoms with Gasteiger partial charge in [-0.25, -0.2) is 4.79 Å². The van der Waals surface area contributed by atoms with E-state index in [4.69, 9.17) is 5.73 Å². The zero-order valence-electron chi connectivity index (χ0n) is 11.1. The molecule has 1 rings (SSSR count). The number of aliphatic hydroxyl groups is 1. The summed E-state index contributed by atoms with van der Waals surface area (Å²) in [7, 11) is 0. The summed E-state index contributed by atoms with van der Waals surface area (Å²) in [6.07, 6.45) is 1.82. The Morgan fingerprint density at radius 2 is 2.22 bits per heavy atom. The average molecular weight is 257 g/mol. The van der Waals surface area contributed by atoms with Gasteiger partial charge in [0.15, 0.2) is 0 Å². The van der Waals surface area contributed by atoms with Crippen LogP contribution in [0.25, 0.3) is 0 Å². The number of urea groups is 1. The van der Waals surface area contributed by atoms with Crippen LogP contribution in [0, 0.1) is 5.92 Å². The van der Waals surface area contributed by atoms with Gasteiger partial charge in [-0.1, -0.05) is 20.3 Å². The lowest BCUT2D eigenvalue weighted by molar-refractivity contribution is -0.137. The second-order valence-corrected chi connectivity index (χ2v) is 4.95. The minimum atomic E-state index is -0.689. The standard InChI is InChI=1S/C12H23N3O3/c1-3-8(2)10(14-12(13)18)11(17)15-6-4-5-9(16)7-15/h8-10,16H,3-7H2,1-2H3,(H3,13,14,18)/t8?,9-,10?/m0/s1. The van der Waals surface area contributed by atoms with E-state index in [1.54, 1.807) is 4.90 Å². The molecule has 4 N–H and O–H groups in total. The van der Waals surface area contributed by atoms with Crippen molar-refractivity contribution in [2.24, 2.45) is 11.7 Å². The van der Waals surface area contributed by atoms with Gasteiger partial charge < -0.3 is 21.1 Å². The summed E-state index contributed by atoms with van der Waals surface area (Å²) in [5.41, 5.74) is 5.11. The third-order valence-electron chi connectivity index (χ3n) is 3.48. The lowest BCUT2D eigenvalue weighted by atomic mass is 9.96. The number of amides is 3. The fourth-order valence-corrected chi connectivity index (χ4v) is 2.19. The average Bonchev–Trinajstić information content (AvgIpc) is 2.34. The van der Waals surface area contributed by atoms with Crippen LogP contribution in [-0.2, 0) is 4.79 Å². The number of carbonyl (C=O) groups excluding carboxylic acids is 2. The molecular weight excluding hydrogens is 234 g/mol. The van der Waals surface area contributed by atoms with Crippen molar-refractivity contribution in [1.82, 2.24) is 10.2 Å². The van der Waals surface area contributed by atoms with E-state index < -0.39 is 18.2 Å². The quantitative estimate of drug-likeness (QED) is 0.664. The highest BCUT2D eigenvalue weighted by Crippen LogP contribution is 2.15. The second-order valence-electron chi connectivity index (χ2n) is 4.95. The van der Waals surface area contributed by atoms with Crippen molar-refractivity contribution < 1.29 is 14.7 Å². The van der Waals surface area contributed by atoms with Crippen LogP contribution in [0.15, 0.2) is 0 Å². The predicted octanol–water partition coefficient (Wildman–Crippen LogP) is 0.0527. The maximum Gasteiger partial charge on any atom is 0.312 e. The van der Waals surface area contributed by atoms with E-state index in [9.17, 15) is 14.7 Å². The number of hydrogen-bond donors (Lipinski definition) is 3. The first-order valence-electron chi connectivity index (χ1n) is 6.48. The Labute approximate surface area is 108 Å². The minimum absolute atomic E-state index is 0.0177. The van der Waals surface area contributed by atoms with Crippen molar-refractivity contribution in [1.29, 1.82) is 0 Å². The van der Waals surface area contributed by atoms with Gasteiger partial charge in [0, 0.05) is 13.1 Å². The van der Waals surface area contributed by atoms with Crippen LogP contribution in [0.1, 0.15) is 33.1 Å². The summed E-state index contributed by atoms with van der Waals surface area (Å²) in [5, 5.41) is 12.1. The molecule has 1 fully saturated rings. The van der Waals surface area contributed by atoms with Gasteiger partial charge in [0.1, 0.15) is 6.04 Å². The zero-order valence-corrected chi connectivity index (χ0v) is 11.1. The number of carbonyl (C=O) groups is 2. The maximum atomic E-state index is 12.3. The van der Waals surface area contributed by atoms with Gasteiger partial charge in [0.05, 0.1) is 6.10 Å². The van der Waals surface area contributed by atoms with E-state index in [0.717, 1.165) is 19.3 Å². The van der Waals surface area contributed by atoms with Gasteiger partial charge in [-0.05, 0) is 18.8 Å². The third-order valence-corrected chi connectivity index (χ3v) is 3.48. The number of aliphatic hydroxyl groups excluding tert-OH is 1. The number of β-amino-alcohol motifs (C(OH)–C–C–N with tert-alkyl or cyclic N) is 1. The fraction of sp³-hybridized carbons (Fsp3) is 0.833. The first-order valence-corrected chi connectivity index (χ1v) is 6.48. The number of nitrogens with two attached hydrogens (primary N) is 1. The number of nitrogens with one attached hydrogen (secondary N) is 1. The molecule has 104 valence electrons. The van der Waals surface area contributed by atoms with Gasteiger partial charge in [-0.15, -0.1) is 0 Å². The molecule has 0 aromatic carbocycles. The number of nitrogens with zero attached hydrogens (tertiary/aromatic N) is 1. The first kappa shape index (κ1) is 14.8. The van der Waals surface area contributed by atoms with E-state index in [1.165, 1.54) is 0 Å². The van der Waals surface area contributed by atoms with Crippen molar-refractivity contribution in [3.05, 3.63) is 0 Å². The molecule has 0 aromatic rings. The Balaban J connectivity index is 2.71. The molecule has 18 heavy (non-hydrogen) atoms. The van der Waals surface area contributed by atoms with Crippen LogP contribution >= 0.6 is 0 Å². The molecule has 6 heteroatoms. The van der Waals surface area contributed by atoms with Gasteiger partial charge in [-0.2, -0.15) is 0 Å². The van der Waals surface area contributed by atoms with Crippen LogP contribution in [0.4, 0.5) is 4.79 Å². The third kappa shape index (κ3) is 3.87. The number of rotatable bonds is 4. The van der Waals surface area contributed by atoms with Gasteiger partial charge >= 0.3 is 6.03 Å².